The molecule has 1 heterocycles. The van der Waals surface area contributed by atoms with Crippen molar-refractivity contribution in [3.05, 3.63) is 35.4 Å². The summed E-state index contributed by atoms with van der Waals surface area (Å²) in [6, 6.07) is 7.77. The summed E-state index contributed by atoms with van der Waals surface area (Å²) >= 11 is 0. The van der Waals surface area contributed by atoms with Crippen molar-refractivity contribution in [3.8, 4) is 0 Å². The molecule has 1 aliphatic rings. The average molecular weight is 290 g/mol. The van der Waals surface area contributed by atoms with Crippen LogP contribution in [0.2, 0.25) is 0 Å². The third kappa shape index (κ3) is 5.14. The Balaban J connectivity index is 1.91. The molecule has 0 radical (unpaired) electrons. The number of piperazine rings is 1. The van der Waals surface area contributed by atoms with Gasteiger partial charge in [-0.25, -0.2) is 4.79 Å². The molecule has 0 aromatic heterocycles. The van der Waals surface area contributed by atoms with Gasteiger partial charge in [-0.05, 0) is 45.5 Å². The van der Waals surface area contributed by atoms with Crippen molar-refractivity contribution in [2.75, 3.05) is 33.2 Å². The Kier molecular flexibility index (Phi) is 5.01. The number of carbonyl (C=O) groups is 1. The van der Waals surface area contributed by atoms with E-state index >= 15 is 0 Å². The Morgan fingerprint density at radius 2 is 1.67 bits per heavy atom. The van der Waals surface area contributed by atoms with Gasteiger partial charge in [0.2, 0.25) is 0 Å². The van der Waals surface area contributed by atoms with E-state index < -0.39 is 5.60 Å². The van der Waals surface area contributed by atoms with E-state index in [0.717, 1.165) is 32.7 Å². The van der Waals surface area contributed by atoms with Crippen LogP contribution in [0.5, 0.6) is 0 Å². The molecule has 0 aliphatic carbocycles. The highest BCUT2D eigenvalue weighted by Crippen LogP contribution is 2.14. The first-order valence-corrected chi connectivity index (χ1v) is 7.57. The molecule has 21 heavy (non-hydrogen) atoms. The zero-order valence-corrected chi connectivity index (χ0v) is 13.6. The minimum Gasteiger partial charge on any atom is -0.456 e. The van der Waals surface area contributed by atoms with Crippen LogP contribution < -0.4 is 0 Å². The molecule has 4 heteroatoms. The molecule has 2 rings (SSSR count). The molecule has 4 nitrogen and oxygen atoms in total. The Morgan fingerprint density at radius 1 is 1.10 bits per heavy atom. The monoisotopic (exact) mass is 290 g/mol. The van der Waals surface area contributed by atoms with Crippen LogP contribution in [-0.2, 0) is 11.3 Å². The summed E-state index contributed by atoms with van der Waals surface area (Å²) in [4.78, 5) is 16.8. The van der Waals surface area contributed by atoms with Gasteiger partial charge in [-0.3, -0.25) is 4.90 Å². The van der Waals surface area contributed by atoms with E-state index in [0.29, 0.717) is 5.56 Å². The molecule has 1 saturated heterocycles. The van der Waals surface area contributed by atoms with Crippen molar-refractivity contribution in [3.63, 3.8) is 0 Å². The third-order valence-corrected chi connectivity index (χ3v) is 3.59. The predicted octanol–water partition coefficient (Wildman–Crippen LogP) is 2.39. The number of likely N-dealkylation sites (N-methyl/N-ethyl adjacent to an activating group) is 1. The Bertz CT molecular complexity index is 469. The van der Waals surface area contributed by atoms with Gasteiger partial charge in [0, 0.05) is 32.7 Å². The summed E-state index contributed by atoms with van der Waals surface area (Å²) in [6.45, 7) is 11.0. The van der Waals surface area contributed by atoms with Gasteiger partial charge in [0.05, 0.1) is 5.56 Å². The number of nitrogens with zero attached hydrogens (tertiary/aromatic N) is 2. The first-order chi connectivity index (χ1) is 9.83. The van der Waals surface area contributed by atoms with Crippen LogP contribution in [0.15, 0.2) is 24.3 Å². The van der Waals surface area contributed by atoms with Crippen molar-refractivity contribution >= 4 is 5.97 Å². The number of carbonyl (C=O) groups excluding carboxylic acids is 1. The highest BCUT2D eigenvalue weighted by atomic mass is 16.6. The molecule has 116 valence electrons. The Hall–Kier alpha value is -1.39. The first-order valence-electron chi connectivity index (χ1n) is 7.57. The van der Waals surface area contributed by atoms with E-state index in [1.807, 2.05) is 45.0 Å². The largest absolute Gasteiger partial charge is 0.456 e. The van der Waals surface area contributed by atoms with E-state index in [4.69, 9.17) is 4.74 Å². The van der Waals surface area contributed by atoms with Gasteiger partial charge in [0.25, 0.3) is 0 Å². The van der Waals surface area contributed by atoms with Gasteiger partial charge < -0.3 is 9.64 Å². The molecule has 1 aliphatic heterocycles. The molecule has 1 aromatic carbocycles. The molecule has 0 saturated carbocycles. The molecule has 0 bridgehead atoms. The second-order valence-corrected chi connectivity index (χ2v) is 6.78. The van der Waals surface area contributed by atoms with E-state index in [1.165, 1.54) is 5.56 Å². The predicted molar refractivity (Wildman–Crippen MR) is 84.4 cm³/mol. The first kappa shape index (κ1) is 16.0. The van der Waals surface area contributed by atoms with Gasteiger partial charge >= 0.3 is 5.97 Å². The van der Waals surface area contributed by atoms with Crippen LogP contribution in [0.3, 0.4) is 0 Å². The second kappa shape index (κ2) is 6.58. The van der Waals surface area contributed by atoms with Crippen LogP contribution in [0, 0.1) is 0 Å². The lowest BCUT2D eigenvalue weighted by Crippen LogP contribution is -2.43. The lowest BCUT2D eigenvalue weighted by atomic mass is 10.1. The number of esters is 1. The van der Waals surface area contributed by atoms with Gasteiger partial charge in [-0.15, -0.1) is 0 Å². The summed E-state index contributed by atoms with van der Waals surface area (Å²) < 4.78 is 5.37. The zero-order valence-electron chi connectivity index (χ0n) is 13.6. The van der Waals surface area contributed by atoms with E-state index in [9.17, 15) is 4.79 Å². The van der Waals surface area contributed by atoms with Gasteiger partial charge in [0.15, 0.2) is 0 Å². The maximum Gasteiger partial charge on any atom is 0.338 e. The summed E-state index contributed by atoms with van der Waals surface area (Å²) in [5.41, 5.74) is 1.41. The number of benzene rings is 1. The quantitative estimate of drug-likeness (QED) is 0.800. The molecule has 0 N–H and O–H groups in total. The number of ether oxygens (including phenoxy) is 1. The van der Waals surface area contributed by atoms with E-state index in [1.54, 1.807) is 0 Å². The second-order valence-electron chi connectivity index (χ2n) is 6.78. The fourth-order valence-corrected chi connectivity index (χ4v) is 2.35. The lowest BCUT2D eigenvalue weighted by Gasteiger charge is -2.32. The topological polar surface area (TPSA) is 32.8 Å². The maximum absolute atomic E-state index is 12.0. The number of hydrogen-bond donors (Lipinski definition) is 0. The molecule has 0 spiro atoms. The van der Waals surface area contributed by atoms with Crippen molar-refractivity contribution in [2.24, 2.45) is 0 Å². The van der Waals surface area contributed by atoms with Crippen molar-refractivity contribution < 1.29 is 9.53 Å². The average Bonchev–Trinajstić information content (AvgIpc) is 2.40. The van der Waals surface area contributed by atoms with Crippen LogP contribution >= 0.6 is 0 Å². The molecule has 1 aromatic rings. The molecular weight excluding hydrogens is 264 g/mol. The maximum atomic E-state index is 12.0. The van der Waals surface area contributed by atoms with E-state index in [-0.39, 0.29) is 5.97 Å². The minimum absolute atomic E-state index is 0.256. The zero-order chi connectivity index (χ0) is 15.5. The fraction of sp³-hybridized carbons (Fsp3) is 0.588. The number of rotatable bonds is 3. The molecule has 1 fully saturated rings. The van der Waals surface area contributed by atoms with Crippen molar-refractivity contribution in [2.45, 2.75) is 32.9 Å². The SMILES string of the molecule is CN1CCN(Cc2ccc(C(=O)OC(C)(C)C)cc2)CC1. The number of hydrogen-bond acceptors (Lipinski definition) is 4. The summed E-state index contributed by atoms with van der Waals surface area (Å²) in [6.07, 6.45) is 0. The van der Waals surface area contributed by atoms with Crippen molar-refractivity contribution in [1.29, 1.82) is 0 Å². The summed E-state index contributed by atoms with van der Waals surface area (Å²) in [7, 11) is 2.16. The van der Waals surface area contributed by atoms with Gasteiger partial charge in [0.1, 0.15) is 5.60 Å². The van der Waals surface area contributed by atoms with Gasteiger partial charge in [-0.1, -0.05) is 12.1 Å². The van der Waals surface area contributed by atoms with Crippen LogP contribution in [0.1, 0.15) is 36.7 Å². The minimum atomic E-state index is -0.449. The summed E-state index contributed by atoms with van der Waals surface area (Å²) in [5.74, 6) is -0.256. The van der Waals surface area contributed by atoms with Crippen LogP contribution in [0.4, 0.5) is 0 Å². The standard InChI is InChI=1S/C17H26N2O2/c1-17(2,3)21-16(20)15-7-5-14(6-8-15)13-19-11-9-18(4)10-12-19/h5-8H,9-13H2,1-4H3. The fourth-order valence-electron chi connectivity index (χ4n) is 2.35. The highest BCUT2D eigenvalue weighted by molar-refractivity contribution is 5.89. The highest BCUT2D eigenvalue weighted by Gasteiger charge is 2.18. The lowest BCUT2D eigenvalue weighted by molar-refractivity contribution is 0.00695. The smallest absolute Gasteiger partial charge is 0.338 e. The normalized spacial score (nSPS) is 17.7. The van der Waals surface area contributed by atoms with Crippen LogP contribution in [0.25, 0.3) is 0 Å². The Labute approximate surface area is 127 Å². The van der Waals surface area contributed by atoms with Crippen LogP contribution in [-0.4, -0.2) is 54.6 Å². The molecule has 0 unspecified atom stereocenters. The molecule has 0 amide bonds. The van der Waals surface area contributed by atoms with E-state index in [2.05, 4.69) is 16.8 Å². The third-order valence-electron chi connectivity index (χ3n) is 3.59. The van der Waals surface area contributed by atoms with Gasteiger partial charge in [-0.2, -0.15) is 0 Å². The van der Waals surface area contributed by atoms with Crippen molar-refractivity contribution in [1.82, 2.24) is 9.80 Å². The molecular formula is C17H26N2O2. The Morgan fingerprint density at radius 3 is 2.19 bits per heavy atom. The molecule has 0 atom stereocenters. The summed E-state index contributed by atoms with van der Waals surface area (Å²) in [5, 5.41) is 0.